The third-order valence-corrected chi connectivity index (χ3v) is 5.03. The normalized spacial score (nSPS) is 11.9. The van der Waals surface area contributed by atoms with Gasteiger partial charge in [-0.3, -0.25) is 24.0 Å². The highest BCUT2D eigenvalue weighted by Crippen LogP contribution is 2.26. The van der Waals surface area contributed by atoms with Crippen LogP contribution in [0.1, 0.15) is 25.3 Å². The van der Waals surface area contributed by atoms with Crippen LogP contribution in [0.3, 0.4) is 0 Å². The summed E-state index contributed by atoms with van der Waals surface area (Å²) < 4.78 is 58.8. The zero-order valence-electron chi connectivity index (χ0n) is 20.0. The minimum absolute atomic E-state index is 0.0302. The van der Waals surface area contributed by atoms with Gasteiger partial charge < -0.3 is 25.8 Å². The zero-order valence-corrected chi connectivity index (χ0v) is 20.0. The Morgan fingerprint density at radius 3 is 2.21 bits per heavy atom. The third-order valence-electron chi connectivity index (χ3n) is 5.03. The molecule has 11 nitrogen and oxygen atoms in total. The van der Waals surface area contributed by atoms with Gasteiger partial charge in [0.25, 0.3) is 0 Å². The van der Waals surface area contributed by atoms with E-state index < -0.39 is 90.0 Å². The van der Waals surface area contributed by atoms with Gasteiger partial charge in [-0.05, 0) is 25.5 Å². The minimum atomic E-state index is -1.92. The number of Topliss-reactive ketones (excluding diaryl/α,β-unsaturated/α-hetero) is 1. The Kier molecular flexibility index (Phi) is 10.5. The van der Waals surface area contributed by atoms with Crippen LogP contribution in [0.15, 0.2) is 30.3 Å². The summed E-state index contributed by atoms with van der Waals surface area (Å²) in [6.45, 7) is -0.0952. The molecule has 3 amide bonds. The van der Waals surface area contributed by atoms with Crippen molar-refractivity contribution in [2.75, 3.05) is 11.9 Å². The molecule has 2 aromatic rings. The van der Waals surface area contributed by atoms with Crippen LogP contribution in [0.2, 0.25) is 0 Å². The molecule has 2 unspecified atom stereocenters. The number of ketones is 1. The summed E-state index contributed by atoms with van der Waals surface area (Å²) in [6.07, 6.45) is -1.19. The molecule has 4 N–H and O–H groups in total. The number of carboxylic acid groups (broad SMARTS) is 1. The van der Waals surface area contributed by atoms with E-state index in [0.29, 0.717) is 0 Å². The molecule has 0 heterocycles. The number of amides is 3. The Bertz CT molecular complexity index is 1320. The van der Waals surface area contributed by atoms with Crippen molar-refractivity contribution in [1.82, 2.24) is 10.6 Å². The molecule has 0 aromatic heterocycles. The number of hydrogen-bond donors (Lipinski definition) is 4. The highest BCUT2D eigenvalue weighted by Gasteiger charge is 2.28. The summed E-state index contributed by atoms with van der Waals surface area (Å²) in [7, 11) is 0. The topological polar surface area (TPSA) is 175 Å². The molecule has 0 saturated heterocycles. The summed E-state index contributed by atoms with van der Waals surface area (Å²) in [6, 6.07) is 4.41. The molecular formula is C24H20F4N4O7. The van der Waals surface area contributed by atoms with E-state index in [9.17, 15) is 41.5 Å². The molecule has 206 valence electrons. The monoisotopic (exact) mass is 552 g/mol. The van der Waals surface area contributed by atoms with Gasteiger partial charge in [-0.2, -0.15) is 14.0 Å². The first-order valence-corrected chi connectivity index (χ1v) is 11.0. The quantitative estimate of drug-likeness (QED) is 0.185. The van der Waals surface area contributed by atoms with Crippen LogP contribution in [-0.4, -0.2) is 53.3 Å². The molecule has 0 radical (unpaired) electrons. The molecule has 2 rings (SSSR count). The Labute approximate surface area is 217 Å². The molecule has 0 saturated carbocycles. The Balaban J connectivity index is 2.05. The number of nitrogens with zero attached hydrogens (tertiary/aromatic N) is 1. The van der Waals surface area contributed by atoms with E-state index >= 15 is 0 Å². The molecule has 0 fully saturated rings. The van der Waals surface area contributed by atoms with Crippen molar-refractivity contribution in [2.24, 2.45) is 0 Å². The molecule has 0 bridgehead atoms. The number of ether oxygens (including phenoxy) is 1. The number of aliphatic carboxylic acids is 1. The molecule has 15 heteroatoms. The summed E-state index contributed by atoms with van der Waals surface area (Å²) in [5, 5.41) is 24.3. The second-order valence-electron chi connectivity index (χ2n) is 7.85. The molecule has 2 atom stereocenters. The second kappa shape index (κ2) is 13.5. The number of halogens is 4. The van der Waals surface area contributed by atoms with E-state index in [1.54, 1.807) is 0 Å². The van der Waals surface area contributed by atoms with E-state index in [-0.39, 0.29) is 17.3 Å². The SMILES string of the molecule is CC(NC(=O)C(=O)Nc1ccccc1C#N)C(=O)NC(CCC(=O)O)C(=O)COc1c(F)c(F)cc(F)c1F. The minimum Gasteiger partial charge on any atom is -0.481 e. The maximum Gasteiger partial charge on any atom is 0.313 e. The molecule has 0 aliphatic carbocycles. The molecule has 0 aliphatic heterocycles. The predicted octanol–water partition coefficient (Wildman–Crippen LogP) is 1.56. The summed E-state index contributed by atoms with van der Waals surface area (Å²) in [5.74, 6) is -15.0. The Morgan fingerprint density at radius 1 is 1.00 bits per heavy atom. The molecule has 0 aliphatic rings. The average Bonchev–Trinajstić information content (AvgIpc) is 2.89. The number of carbonyl (C=O) groups excluding carboxylic acids is 4. The van der Waals surface area contributed by atoms with Gasteiger partial charge in [-0.1, -0.05) is 12.1 Å². The van der Waals surface area contributed by atoms with Gasteiger partial charge in [0, 0.05) is 12.5 Å². The third kappa shape index (κ3) is 8.25. The number of anilines is 1. The van der Waals surface area contributed by atoms with Crippen molar-refractivity contribution in [3.05, 3.63) is 59.2 Å². The highest BCUT2D eigenvalue weighted by atomic mass is 19.2. The van der Waals surface area contributed by atoms with Crippen molar-refractivity contribution in [1.29, 1.82) is 5.26 Å². The first-order valence-electron chi connectivity index (χ1n) is 11.0. The lowest BCUT2D eigenvalue weighted by atomic mass is 10.1. The summed E-state index contributed by atoms with van der Waals surface area (Å²) in [5.41, 5.74) is 0.0924. The van der Waals surface area contributed by atoms with Crippen LogP contribution in [0, 0.1) is 34.6 Å². The van der Waals surface area contributed by atoms with Crippen LogP contribution in [-0.2, 0) is 24.0 Å². The summed E-state index contributed by atoms with van der Waals surface area (Å²) >= 11 is 0. The Hall–Kier alpha value is -5.00. The number of benzene rings is 2. The zero-order chi connectivity index (χ0) is 29.3. The van der Waals surface area contributed by atoms with Gasteiger partial charge in [0.1, 0.15) is 18.7 Å². The lowest BCUT2D eigenvalue weighted by molar-refractivity contribution is -0.139. The van der Waals surface area contributed by atoms with E-state index in [4.69, 9.17) is 10.4 Å². The van der Waals surface area contributed by atoms with Gasteiger partial charge in [0.15, 0.2) is 23.2 Å². The fraction of sp³-hybridized carbons (Fsp3) is 0.250. The lowest BCUT2D eigenvalue weighted by Crippen LogP contribution is -2.52. The Morgan fingerprint density at radius 2 is 1.62 bits per heavy atom. The number of carbonyl (C=O) groups is 5. The van der Waals surface area contributed by atoms with E-state index in [1.165, 1.54) is 24.3 Å². The van der Waals surface area contributed by atoms with Crippen LogP contribution in [0.25, 0.3) is 0 Å². The van der Waals surface area contributed by atoms with Crippen LogP contribution in [0.5, 0.6) is 5.75 Å². The van der Waals surface area contributed by atoms with Crippen molar-refractivity contribution in [3.63, 3.8) is 0 Å². The van der Waals surface area contributed by atoms with Crippen LogP contribution in [0.4, 0.5) is 23.2 Å². The van der Waals surface area contributed by atoms with Gasteiger partial charge in [-0.25, -0.2) is 8.78 Å². The fourth-order valence-corrected chi connectivity index (χ4v) is 3.00. The average molecular weight is 552 g/mol. The molecule has 39 heavy (non-hydrogen) atoms. The van der Waals surface area contributed by atoms with Gasteiger partial charge in [-0.15, -0.1) is 0 Å². The van der Waals surface area contributed by atoms with Gasteiger partial charge >= 0.3 is 17.8 Å². The number of nitrogens with one attached hydrogen (secondary N) is 3. The van der Waals surface area contributed by atoms with Crippen LogP contribution < -0.4 is 20.7 Å². The largest absolute Gasteiger partial charge is 0.481 e. The molecule has 2 aromatic carbocycles. The van der Waals surface area contributed by atoms with Gasteiger partial charge in [0.05, 0.1) is 17.3 Å². The number of hydrogen-bond acceptors (Lipinski definition) is 7. The fourth-order valence-electron chi connectivity index (χ4n) is 3.00. The maximum atomic E-state index is 13.8. The number of rotatable bonds is 11. The number of nitriles is 1. The summed E-state index contributed by atoms with van der Waals surface area (Å²) in [4.78, 5) is 60.4. The number of carboxylic acids is 1. The second-order valence-corrected chi connectivity index (χ2v) is 7.85. The number of para-hydroxylation sites is 1. The smallest absolute Gasteiger partial charge is 0.313 e. The highest BCUT2D eigenvalue weighted by molar-refractivity contribution is 6.40. The molecular weight excluding hydrogens is 532 g/mol. The van der Waals surface area contributed by atoms with Crippen molar-refractivity contribution in [2.45, 2.75) is 31.8 Å². The lowest BCUT2D eigenvalue weighted by Gasteiger charge is -2.20. The first-order chi connectivity index (χ1) is 18.3. The van der Waals surface area contributed by atoms with E-state index in [1.807, 2.05) is 11.4 Å². The van der Waals surface area contributed by atoms with Crippen molar-refractivity contribution in [3.8, 4) is 11.8 Å². The van der Waals surface area contributed by atoms with E-state index in [2.05, 4.69) is 15.4 Å². The molecule has 0 spiro atoms. The van der Waals surface area contributed by atoms with Crippen molar-refractivity contribution < 1.29 is 51.4 Å². The van der Waals surface area contributed by atoms with Crippen molar-refractivity contribution >= 4 is 35.2 Å². The standard InChI is InChI=1S/C24H20F4N4O7/c1-11(30-23(37)24(38)31-15-5-3-2-4-12(15)9-29)22(36)32-16(6-7-18(34)35)17(33)10-39-21-19(27)13(25)8-14(26)20(21)28/h2-5,8,11,16H,6-7,10H2,1H3,(H,30,37)(H,31,38)(H,32,36)(H,34,35). The predicted molar refractivity (Wildman–Crippen MR) is 123 cm³/mol. The maximum absolute atomic E-state index is 13.8. The van der Waals surface area contributed by atoms with E-state index in [0.717, 1.165) is 6.92 Å². The van der Waals surface area contributed by atoms with Crippen LogP contribution >= 0.6 is 0 Å². The van der Waals surface area contributed by atoms with Gasteiger partial charge in [0.2, 0.25) is 17.5 Å². The first kappa shape index (κ1) is 30.2.